The SMILES string of the molecule is COC(CN)CC(=O)NCc1ccc(-n2nc(C)cc2C)cc1C(F)(F)F. The van der Waals surface area contributed by atoms with E-state index in [0.29, 0.717) is 11.4 Å². The highest BCUT2D eigenvalue weighted by Crippen LogP contribution is 2.33. The van der Waals surface area contributed by atoms with Crippen molar-refractivity contribution in [3.05, 3.63) is 46.8 Å². The number of hydrogen-bond donors (Lipinski definition) is 2. The van der Waals surface area contributed by atoms with Crippen LogP contribution in [-0.2, 0) is 22.3 Å². The Bertz CT molecular complexity index is 798. The van der Waals surface area contributed by atoms with Crippen LogP contribution in [-0.4, -0.2) is 35.4 Å². The number of halogens is 3. The second-order valence-corrected chi connectivity index (χ2v) is 6.25. The van der Waals surface area contributed by atoms with Crippen molar-refractivity contribution in [3.8, 4) is 5.69 Å². The Labute approximate surface area is 155 Å². The number of alkyl halides is 3. The molecule has 148 valence electrons. The summed E-state index contributed by atoms with van der Waals surface area (Å²) in [5.41, 5.74) is 6.36. The molecule has 0 fully saturated rings. The van der Waals surface area contributed by atoms with E-state index in [1.807, 2.05) is 0 Å². The molecule has 3 N–H and O–H groups in total. The van der Waals surface area contributed by atoms with Gasteiger partial charge >= 0.3 is 6.18 Å². The number of carbonyl (C=O) groups is 1. The Balaban J connectivity index is 2.24. The van der Waals surface area contributed by atoms with Gasteiger partial charge in [0.2, 0.25) is 5.91 Å². The largest absolute Gasteiger partial charge is 0.416 e. The molecule has 0 spiro atoms. The van der Waals surface area contributed by atoms with Gasteiger partial charge in [0.15, 0.2) is 0 Å². The number of hydrogen-bond acceptors (Lipinski definition) is 4. The predicted octanol–water partition coefficient (Wildman–Crippen LogP) is 2.49. The van der Waals surface area contributed by atoms with E-state index in [1.54, 1.807) is 26.0 Å². The summed E-state index contributed by atoms with van der Waals surface area (Å²) in [4.78, 5) is 11.9. The number of nitrogens with two attached hydrogens (primary N) is 1. The number of aromatic nitrogens is 2. The molecular weight excluding hydrogens is 361 g/mol. The zero-order chi connectivity index (χ0) is 20.2. The lowest BCUT2D eigenvalue weighted by Crippen LogP contribution is -2.32. The Morgan fingerprint density at radius 2 is 2.04 bits per heavy atom. The molecule has 2 rings (SSSR count). The van der Waals surface area contributed by atoms with Crippen molar-refractivity contribution in [2.75, 3.05) is 13.7 Å². The molecule has 2 aromatic rings. The van der Waals surface area contributed by atoms with E-state index in [9.17, 15) is 18.0 Å². The highest BCUT2D eigenvalue weighted by molar-refractivity contribution is 5.76. The van der Waals surface area contributed by atoms with Gasteiger partial charge in [0, 0.05) is 25.9 Å². The van der Waals surface area contributed by atoms with E-state index in [-0.39, 0.29) is 25.1 Å². The molecule has 1 aromatic heterocycles. The van der Waals surface area contributed by atoms with Crippen LogP contribution in [0.5, 0.6) is 0 Å². The number of carbonyl (C=O) groups excluding carboxylic acids is 1. The van der Waals surface area contributed by atoms with Crippen LogP contribution in [0.15, 0.2) is 24.3 Å². The van der Waals surface area contributed by atoms with Crippen LogP contribution >= 0.6 is 0 Å². The molecule has 0 saturated carbocycles. The first-order valence-electron chi connectivity index (χ1n) is 8.39. The lowest BCUT2D eigenvalue weighted by Gasteiger charge is -2.17. The first-order chi connectivity index (χ1) is 12.7. The van der Waals surface area contributed by atoms with Gasteiger partial charge in [-0.1, -0.05) is 6.07 Å². The number of rotatable bonds is 7. The second-order valence-electron chi connectivity index (χ2n) is 6.25. The molecular formula is C18H23F3N4O2. The maximum atomic E-state index is 13.5. The lowest BCUT2D eigenvalue weighted by atomic mass is 10.1. The van der Waals surface area contributed by atoms with Crippen LogP contribution in [0.4, 0.5) is 13.2 Å². The molecule has 0 aliphatic heterocycles. The van der Waals surface area contributed by atoms with Crippen LogP contribution in [0.2, 0.25) is 0 Å². The fourth-order valence-electron chi connectivity index (χ4n) is 2.74. The standard InChI is InChI=1S/C18H23F3N4O2/c1-11-6-12(2)25(24-11)14-5-4-13(16(7-14)18(19,20)21)10-23-17(26)8-15(9-22)27-3/h4-7,15H,8-10,22H2,1-3H3,(H,23,26). The summed E-state index contributed by atoms with van der Waals surface area (Å²) in [6, 6.07) is 5.73. The fraction of sp³-hybridized carbons (Fsp3) is 0.444. The first-order valence-corrected chi connectivity index (χ1v) is 8.39. The smallest absolute Gasteiger partial charge is 0.380 e. The molecule has 27 heavy (non-hydrogen) atoms. The first kappa shape index (κ1) is 20.9. The molecule has 0 radical (unpaired) electrons. The number of aryl methyl sites for hydroxylation is 2. The Morgan fingerprint density at radius 1 is 1.33 bits per heavy atom. The van der Waals surface area contributed by atoms with Gasteiger partial charge in [-0.25, -0.2) is 4.68 Å². The van der Waals surface area contributed by atoms with Crippen LogP contribution in [0.3, 0.4) is 0 Å². The average molecular weight is 384 g/mol. The minimum absolute atomic E-state index is 0.0157. The average Bonchev–Trinajstić information content (AvgIpc) is 2.95. The summed E-state index contributed by atoms with van der Waals surface area (Å²) in [5, 5.41) is 6.70. The summed E-state index contributed by atoms with van der Waals surface area (Å²) in [5.74, 6) is -0.428. The van der Waals surface area contributed by atoms with Crippen molar-refractivity contribution in [1.82, 2.24) is 15.1 Å². The minimum atomic E-state index is -4.56. The third-order valence-corrected chi connectivity index (χ3v) is 4.14. The Kier molecular flexibility index (Phi) is 6.61. The number of amides is 1. The van der Waals surface area contributed by atoms with Gasteiger partial charge in [0.05, 0.1) is 29.5 Å². The van der Waals surface area contributed by atoms with Gasteiger partial charge in [0.25, 0.3) is 0 Å². The molecule has 1 atom stereocenters. The fourth-order valence-corrected chi connectivity index (χ4v) is 2.74. The van der Waals surface area contributed by atoms with Gasteiger partial charge in [-0.15, -0.1) is 0 Å². The Morgan fingerprint density at radius 3 is 2.56 bits per heavy atom. The normalized spacial score (nSPS) is 12.9. The zero-order valence-corrected chi connectivity index (χ0v) is 15.4. The van der Waals surface area contributed by atoms with E-state index in [2.05, 4.69) is 10.4 Å². The maximum absolute atomic E-state index is 13.5. The van der Waals surface area contributed by atoms with Crippen molar-refractivity contribution < 1.29 is 22.7 Å². The van der Waals surface area contributed by atoms with Crippen LogP contribution < -0.4 is 11.1 Å². The van der Waals surface area contributed by atoms with Crippen molar-refractivity contribution in [2.24, 2.45) is 5.73 Å². The minimum Gasteiger partial charge on any atom is -0.380 e. The summed E-state index contributed by atoms with van der Waals surface area (Å²) >= 11 is 0. The second kappa shape index (κ2) is 8.53. The van der Waals surface area contributed by atoms with Crippen molar-refractivity contribution >= 4 is 5.91 Å². The summed E-state index contributed by atoms with van der Waals surface area (Å²) < 4.78 is 47.0. The van der Waals surface area contributed by atoms with Crippen LogP contribution in [0, 0.1) is 13.8 Å². The number of nitrogens with zero attached hydrogens (tertiary/aromatic N) is 2. The van der Waals surface area contributed by atoms with E-state index in [0.717, 1.165) is 11.8 Å². The van der Waals surface area contributed by atoms with Crippen LogP contribution in [0.25, 0.3) is 5.69 Å². The molecule has 6 nitrogen and oxygen atoms in total. The van der Waals surface area contributed by atoms with E-state index < -0.39 is 23.8 Å². The van der Waals surface area contributed by atoms with Crippen molar-refractivity contribution in [1.29, 1.82) is 0 Å². The third-order valence-electron chi connectivity index (χ3n) is 4.14. The van der Waals surface area contributed by atoms with Gasteiger partial charge in [0.1, 0.15) is 0 Å². The molecule has 1 heterocycles. The summed E-state index contributed by atoms with van der Waals surface area (Å²) in [6.45, 7) is 3.44. The molecule has 0 aliphatic carbocycles. The number of benzene rings is 1. The zero-order valence-electron chi connectivity index (χ0n) is 15.4. The van der Waals surface area contributed by atoms with Gasteiger partial charge in [-0.2, -0.15) is 18.3 Å². The lowest BCUT2D eigenvalue weighted by molar-refractivity contribution is -0.138. The monoisotopic (exact) mass is 384 g/mol. The Hall–Kier alpha value is -2.39. The molecule has 0 aliphatic rings. The highest BCUT2D eigenvalue weighted by Gasteiger charge is 2.34. The number of nitrogens with one attached hydrogen (secondary N) is 1. The number of methoxy groups -OCH3 is 1. The molecule has 0 saturated heterocycles. The molecule has 0 bridgehead atoms. The van der Waals surface area contributed by atoms with Crippen molar-refractivity contribution in [2.45, 2.75) is 39.1 Å². The highest BCUT2D eigenvalue weighted by atomic mass is 19.4. The summed E-state index contributed by atoms with van der Waals surface area (Å²) in [6.07, 6.45) is -5.04. The third kappa shape index (κ3) is 5.30. The summed E-state index contributed by atoms with van der Waals surface area (Å²) in [7, 11) is 1.42. The van der Waals surface area contributed by atoms with E-state index >= 15 is 0 Å². The van der Waals surface area contributed by atoms with Gasteiger partial charge in [-0.05, 0) is 37.6 Å². The molecule has 1 unspecified atom stereocenters. The molecule has 9 heteroatoms. The van der Waals surface area contributed by atoms with Crippen molar-refractivity contribution in [3.63, 3.8) is 0 Å². The predicted molar refractivity (Wildman–Crippen MR) is 94.4 cm³/mol. The van der Waals surface area contributed by atoms with Crippen LogP contribution in [0.1, 0.15) is 28.9 Å². The van der Waals surface area contributed by atoms with Gasteiger partial charge < -0.3 is 15.8 Å². The quantitative estimate of drug-likeness (QED) is 0.768. The topological polar surface area (TPSA) is 82.2 Å². The van der Waals surface area contributed by atoms with E-state index in [1.165, 1.54) is 17.9 Å². The van der Waals surface area contributed by atoms with Gasteiger partial charge in [-0.3, -0.25) is 4.79 Å². The van der Waals surface area contributed by atoms with E-state index in [4.69, 9.17) is 10.5 Å². The number of ether oxygens (including phenoxy) is 1. The molecule has 1 amide bonds. The maximum Gasteiger partial charge on any atom is 0.416 e. The molecule has 1 aromatic carbocycles.